The lowest BCUT2D eigenvalue weighted by Crippen LogP contribution is -2.44. The normalized spacial score (nSPS) is 13.0. The summed E-state index contributed by atoms with van der Waals surface area (Å²) >= 11 is 3.09. The molecule has 0 saturated heterocycles. The molecule has 9 heteroatoms. The highest BCUT2D eigenvalue weighted by atomic mass is 32.2. The average Bonchev–Trinajstić information content (AvgIpc) is 3.15. The van der Waals surface area contributed by atoms with Gasteiger partial charge in [0, 0.05) is 10.3 Å². The largest absolute Gasteiger partial charge is 0.484 e. The van der Waals surface area contributed by atoms with Crippen molar-refractivity contribution in [1.29, 1.82) is 0 Å². The van der Waals surface area contributed by atoms with Crippen LogP contribution in [0.3, 0.4) is 0 Å². The third-order valence-corrected chi connectivity index (χ3v) is 6.70. The number of hydrogen-bond donors (Lipinski definition) is 2. The number of amides is 2. The number of carbonyl (C=O) groups is 2. The van der Waals surface area contributed by atoms with Crippen LogP contribution in [0, 0.1) is 0 Å². The average molecular weight is 429 g/mol. The van der Waals surface area contributed by atoms with E-state index >= 15 is 0 Å². The zero-order chi connectivity index (χ0) is 20.1. The minimum atomic E-state index is -0.427. The molecule has 0 radical (unpaired) electrons. The van der Waals surface area contributed by atoms with E-state index in [1.165, 1.54) is 35.0 Å². The quantitative estimate of drug-likeness (QED) is 0.356. The second-order valence-electron chi connectivity index (χ2n) is 6.56. The van der Waals surface area contributed by atoms with Gasteiger partial charge in [-0.2, -0.15) is 0 Å². The number of thiophene rings is 1. The highest BCUT2D eigenvalue weighted by molar-refractivity contribution is 8.00. The first-order valence-corrected chi connectivity index (χ1v) is 11.1. The number of thioether (sulfide) groups is 1. The molecule has 1 aliphatic carbocycles. The summed E-state index contributed by atoms with van der Waals surface area (Å²) in [5.74, 6) is 0.00942. The Hall–Kier alpha value is -2.65. The second kappa shape index (κ2) is 9.23. The summed E-state index contributed by atoms with van der Waals surface area (Å²) in [4.78, 5) is 35.1. The predicted molar refractivity (Wildman–Crippen MR) is 113 cm³/mol. The van der Waals surface area contributed by atoms with Gasteiger partial charge in [-0.3, -0.25) is 20.4 Å². The number of nitrogens with one attached hydrogen (secondary N) is 2. The van der Waals surface area contributed by atoms with E-state index < -0.39 is 5.91 Å². The maximum Gasteiger partial charge on any atom is 0.276 e. The topological polar surface area (TPSA) is 93.2 Å². The molecule has 4 rings (SSSR count). The standard InChI is InChI=1S/C20H20N4O3S2/c25-16(10-27-13-6-2-1-3-7-13)23-24-17(26)11-28-19-18-14-8-4-5-9-15(14)29-20(18)22-12-21-19/h1-3,6-7,12H,4-5,8-11H2,(H,23,25)(H,24,26). The van der Waals surface area contributed by atoms with Gasteiger partial charge in [0.2, 0.25) is 5.91 Å². The van der Waals surface area contributed by atoms with Crippen molar-refractivity contribution in [1.82, 2.24) is 20.8 Å². The van der Waals surface area contributed by atoms with Gasteiger partial charge >= 0.3 is 0 Å². The number of hydrogen-bond acceptors (Lipinski definition) is 7. The van der Waals surface area contributed by atoms with Crippen molar-refractivity contribution < 1.29 is 14.3 Å². The molecule has 29 heavy (non-hydrogen) atoms. The van der Waals surface area contributed by atoms with Crippen LogP contribution in [0.15, 0.2) is 41.7 Å². The van der Waals surface area contributed by atoms with Gasteiger partial charge in [0.15, 0.2) is 6.61 Å². The summed E-state index contributed by atoms with van der Waals surface area (Å²) in [7, 11) is 0. The maximum absolute atomic E-state index is 12.1. The van der Waals surface area contributed by atoms with Crippen LogP contribution in [0.1, 0.15) is 23.3 Å². The Kier molecular flexibility index (Phi) is 6.26. The number of aromatic nitrogens is 2. The minimum Gasteiger partial charge on any atom is -0.484 e. The van der Waals surface area contributed by atoms with E-state index in [1.54, 1.807) is 29.8 Å². The summed E-state index contributed by atoms with van der Waals surface area (Å²) in [6.45, 7) is -0.176. The van der Waals surface area contributed by atoms with Gasteiger partial charge in [-0.1, -0.05) is 30.0 Å². The molecule has 2 heterocycles. The molecule has 0 unspecified atom stereocenters. The van der Waals surface area contributed by atoms with Crippen LogP contribution < -0.4 is 15.6 Å². The third-order valence-electron chi connectivity index (χ3n) is 4.51. The fourth-order valence-electron chi connectivity index (χ4n) is 3.18. The van der Waals surface area contributed by atoms with Crippen molar-refractivity contribution in [3.8, 4) is 5.75 Å². The van der Waals surface area contributed by atoms with Crippen LogP contribution in [0.2, 0.25) is 0 Å². The number of carbonyl (C=O) groups excluding carboxylic acids is 2. The Morgan fingerprint density at radius 2 is 1.86 bits per heavy atom. The lowest BCUT2D eigenvalue weighted by molar-refractivity contribution is -0.128. The molecule has 1 aliphatic rings. The first-order chi connectivity index (χ1) is 14.2. The molecule has 2 N–H and O–H groups in total. The molecule has 3 aromatic rings. The molecule has 0 aliphatic heterocycles. The number of nitrogens with zero attached hydrogens (tertiary/aromatic N) is 2. The lowest BCUT2D eigenvalue weighted by Gasteiger charge is -2.11. The first-order valence-electron chi connectivity index (χ1n) is 9.34. The Morgan fingerprint density at radius 1 is 1.07 bits per heavy atom. The van der Waals surface area contributed by atoms with Crippen molar-refractivity contribution in [3.63, 3.8) is 0 Å². The summed E-state index contributed by atoms with van der Waals surface area (Å²) in [5.41, 5.74) is 6.12. The van der Waals surface area contributed by atoms with Crippen LogP contribution in [0.5, 0.6) is 5.75 Å². The first kappa shape index (κ1) is 19.7. The number of benzene rings is 1. The monoisotopic (exact) mass is 428 g/mol. The molecule has 7 nitrogen and oxygen atoms in total. The molecule has 0 fully saturated rings. The molecular formula is C20H20N4O3S2. The summed E-state index contributed by atoms with van der Waals surface area (Å²) < 4.78 is 5.34. The van der Waals surface area contributed by atoms with Crippen LogP contribution in [0.25, 0.3) is 10.2 Å². The number of rotatable bonds is 6. The van der Waals surface area contributed by atoms with Crippen molar-refractivity contribution in [2.24, 2.45) is 0 Å². The molecule has 0 saturated carbocycles. The van der Waals surface area contributed by atoms with Gasteiger partial charge in [0.1, 0.15) is 21.9 Å². The minimum absolute atomic E-state index is 0.149. The molecule has 0 atom stereocenters. The number of fused-ring (bicyclic) bond motifs is 3. The Bertz CT molecular complexity index is 1020. The zero-order valence-electron chi connectivity index (χ0n) is 15.6. The summed E-state index contributed by atoms with van der Waals surface area (Å²) in [5, 5.41) is 1.91. The van der Waals surface area contributed by atoms with E-state index in [9.17, 15) is 9.59 Å². The van der Waals surface area contributed by atoms with Gasteiger partial charge in [0.25, 0.3) is 5.91 Å². The summed E-state index contributed by atoms with van der Waals surface area (Å²) in [6, 6.07) is 9.02. The van der Waals surface area contributed by atoms with Gasteiger partial charge in [-0.25, -0.2) is 9.97 Å². The van der Waals surface area contributed by atoms with E-state index in [1.807, 2.05) is 18.2 Å². The van der Waals surface area contributed by atoms with Crippen molar-refractivity contribution in [2.75, 3.05) is 12.4 Å². The van der Waals surface area contributed by atoms with E-state index in [0.29, 0.717) is 5.75 Å². The van der Waals surface area contributed by atoms with Gasteiger partial charge in [-0.05, 0) is 43.4 Å². The molecule has 0 spiro atoms. The van der Waals surface area contributed by atoms with Gasteiger partial charge < -0.3 is 4.74 Å². The van der Waals surface area contributed by atoms with Gasteiger partial charge in [-0.15, -0.1) is 11.3 Å². The fraction of sp³-hybridized carbons (Fsp3) is 0.300. The Morgan fingerprint density at radius 3 is 2.72 bits per heavy atom. The highest BCUT2D eigenvalue weighted by Gasteiger charge is 2.20. The molecule has 2 aromatic heterocycles. The van der Waals surface area contributed by atoms with Crippen LogP contribution >= 0.6 is 23.1 Å². The van der Waals surface area contributed by atoms with Crippen molar-refractivity contribution in [2.45, 2.75) is 30.7 Å². The molecule has 0 bridgehead atoms. The Labute approximate surface area is 176 Å². The predicted octanol–water partition coefficient (Wildman–Crippen LogP) is 2.89. The van der Waals surface area contributed by atoms with E-state index in [-0.39, 0.29) is 18.3 Å². The van der Waals surface area contributed by atoms with Crippen molar-refractivity contribution in [3.05, 3.63) is 47.1 Å². The lowest BCUT2D eigenvalue weighted by atomic mass is 9.97. The third kappa shape index (κ3) is 4.86. The van der Waals surface area contributed by atoms with Crippen LogP contribution in [0.4, 0.5) is 0 Å². The molecule has 150 valence electrons. The smallest absolute Gasteiger partial charge is 0.276 e. The van der Waals surface area contributed by atoms with E-state index in [2.05, 4.69) is 20.8 Å². The summed E-state index contributed by atoms with van der Waals surface area (Å²) in [6.07, 6.45) is 6.08. The molecular weight excluding hydrogens is 408 g/mol. The van der Waals surface area contributed by atoms with Crippen molar-refractivity contribution >= 4 is 45.1 Å². The number of para-hydroxylation sites is 1. The molecule has 1 aromatic carbocycles. The number of ether oxygens (including phenoxy) is 1. The second-order valence-corrected chi connectivity index (χ2v) is 8.60. The zero-order valence-corrected chi connectivity index (χ0v) is 17.3. The van der Waals surface area contributed by atoms with E-state index in [4.69, 9.17) is 4.74 Å². The Balaban J connectivity index is 1.29. The van der Waals surface area contributed by atoms with Gasteiger partial charge in [0.05, 0.1) is 5.75 Å². The SMILES string of the molecule is O=C(COc1ccccc1)NNC(=O)CSc1ncnc2sc3c(c12)CCCC3. The highest BCUT2D eigenvalue weighted by Crippen LogP contribution is 2.39. The maximum atomic E-state index is 12.1. The molecule has 2 amide bonds. The fourth-order valence-corrected chi connectivity index (χ4v) is 5.30. The number of aryl methyl sites for hydroxylation is 2. The van der Waals surface area contributed by atoms with E-state index in [0.717, 1.165) is 28.1 Å². The van der Waals surface area contributed by atoms with Crippen LogP contribution in [-0.2, 0) is 22.4 Å². The van der Waals surface area contributed by atoms with Crippen LogP contribution in [-0.4, -0.2) is 34.1 Å². The number of hydrazine groups is 1.